The van der Waals surface area contributed by atoms with Crippen molar-refractivity contribution in [1.82, 2.24) is 0 Å². The quantitative estimate of drug-likeness (QED) is 0.470. The van der Waals surface area contributed by atoms with E-state index in [9.17, 15) is 15.3 Å². The molecular formula is C28H30N4OS2. The summed E-state index contributed by atoms with van der Waals surface area (Å²) >= 11 is 3.28. The SMILES string of the molecule is CC(C)(C)c1ccc(C2C(C#N)=C(N)N(c3sc4c(c3C#N)CCCCC4)C3=C2C(=O)CCC3)s1. The Morgan fingerprint density at radius 3 is 2.46 bits per heavy atom. The number of allylic oxidation sites excluding steroid dienone is 3. The summed E-state index contributed by atoms with van der Waals surface area (Å²) in [7, 11) is 0. The fourth-order valence-corrected chi connectivity index (χ4v) is 8.08. The molecule has 1 unspecified atom stereocenters. The third-order valence-corrected chi connectivity index (χ3v) is 10.1. The molecule has 5 rings (SSSR count). The lowest BCUT2D eigenvalue weighted by Gasteiger charge is -2.38. The summed E-state index contributed by atoms with van der Waals surface area (Å²) in [6.45, 7) is 6.50. The van der Waals surface area contributed by atoms with Gasteiger partial charge < -0.3 is 5.73 Å². The summed E-state index contributed by atoms with van der Waals surface area (Å²) < 4.78 is 0. The number of thiophene rings is 2. The summed E-state index contributed by atoms with van der Waals surface area (Å²) in [4.78, 5) is 18.8. The van der Waals surface area contributed by atoms with Gasteiger partial charge in [-0.1, -0.05) is 27.2 Å². The molecule has 35 heavy (non-hydrogen) atoms. The smallest absolute Gasteiger partial charge is 0.161 e. The molecule has 0 radical (unpaired) electrons. The van der Waals surface area contributed by atoms with Gasteiger partial charge in [0.25, 0.3) is 0 Å². The van der Waals surface area contributed by atoms with Gasteiger partial charge in [-0.25, -0.2) is 0 Å². The zero-order valence-electron chi connectivity index (χ0n) is 20.5. The number of hydrogen-bond acceptors (Lipinski definition) is 7. The van der Waals surface area contributed by atoms with Crippen LogP contribution in [-0.2, 0) is 23.1 Å². The number of fused-ring (bicyclic) bond motifs is 1. The van der Waals surface area contributed by atoms with Crippen LogP contribution in [0.4, 0.5) is 5.00 Å². The standard InChI is InChI=1S/C28H30N4OS2/c1-28(2,3)23-13-12-22(34-23)24-18(15-30)26(31)32(19-9-7-10-20(33)25(19)24)27-17(14-29)16-8-5-4-6-11-21(16)35-27/h12-13,24H,4-11,31H2,1-3H3. The lowest BCUT2D eigenvalue weighted by atomic mass is 9.78. The van der Waals surface area contributed by atoms with E-state index in [0.717, 1.165) is 53.2 Å². The van der Waals surface area contributed by atoms with Gasteiger partial charge in [0, 0.05) is 32.3 Å². The van der Waals surface area contributed by atoms with E-state index in [1.165, 1.54) is 16.2 Å². The summed E-state index contributed by atoms with van der Waals surface area (Å²) in [5.41, 5.74) is 10.6. The van der Waals surface area contributed by atoms with Gasteiger partial charge in [0.15, 0.2) is 5.78 Å². The van der Waals surface area contributed by atoms with Gasteiger partial charge in [-0.2, -0.15) is 10.5 Å². The van der Waals surface area contributed by atoms with Crippen molar-refractivity contribution < 1.29 is 4.79 Å². The second-order valence-corrected chi connectivity index (χ2v) is 12.8. The van der Waals surface area contributed by atoms with Gasteiger partial charge in [-0.3, -0.25) is 9.69 Å². The molecule has 2 N–H and O–H groups in total. The Morgan fingerprint density at radius 2 is 1.77 bits per heavy atom. The first-order chi connectivity index (χ1) is 16.8. The van der Waals surface area contributed by atoms with Crippen LogP contribution >= 0.6 is 22.7 Å². The first kappa shape index (κ1) is 23.9. The molecule has 2 aliphatic carbocycles. The molecule has 1 atom stereocenters. The molecule has 3 aliphatic rings. The number of nitriles is 2. The fraction of sp³-hybridized carbons (Fsp3) is 0.464. The van der Waals surface area contributed by atoms with Crippen LogP contribution in [0.1, 0.15) is 91.0 Å². The molecule has 0 saturated heterocycles. The van der Waals surface area contributed by atoms with Crippen LogP contribution in [0.15, 0.2) is 34.8 Å². The molecular weight excluding hydrogens is 472 g/mol. The topological polar surface area (TPSA) is 93.9 Å². The van der Waals surface area contributed by atoms with Crippen molar-refractivity contribution >= 4 is 33.5 Å². The number of aryl methyl sites for hydroxylation is 1. The van der Waals surface area contributed by atoms with Crippen LogP contribution < -0.4 is 10.6 Å². The molecule has 5 nitrogen and oxygen atoms in total. The molecule has 7 heteroatoms. The van der Waals surface area contributed by atoms with Crippen LogP contribution in [0, 0.1) is 22.7 Å². The number of carbonyl (C=O) groups is 1. The van der Waals surface area contributed by atoms with Gasteiger partial charge in [-0.15, -0.1) is 22.7 Å². The fourth-order valence-electron chi connectivity index (χ4n) is 5.52. The molecule has 0 amide bonds. The number of carbonyl (C=O) groups excluding carboxylic acids is 1. The third kappa shape index (κ3) is 3.92. The summed E-state index contributed by atoms with van der Waals surface area (Å²) in [5, 5.41) is 21.3. The van der Waals surface area contributed by atoms with Crippen LogP contribution in [0.25, 0.3) is 0 Å². The van der Waals surface area contributed by atoms with E-state index in [1.54, 1.807) is 22.7 Å². The Balaban J connectivity index is 1.72. The zero-order chi connectivity index (χ0) is 24.9. The number of rotatable bonds is 2. The predicted octanol–water partition coefficient (Wildman–Crippen LogP) is 6.55. The third-order valence-electron chi connectivity index (χ3n) is 7.28. The van der Waals surface area contributed by atoms with Crippen molar-refractivity contribution in [2.75, 3.05) is 4.90 Å². The predicted molar refractivity (Wildman–Crippen MR) is 141 cm³/mol. The summed E-state index contributed by atoms with van der Waals surface area (Å²) in [6.07, 6.45) is 7.18. The minimum atomic E-state index is -0.441. The van der Waals surface area contributed by atoms with Crippen LogP contribution in [0.3, 0.4) is 0 Å². The molecule has 2 aromatic heterocycles. The molecule has 180 valence electrons. The largest absolute Gasteiger partial charge is 0.384 e. The normalized spacial score (nSPS) is 20.8. The Kier molecular flexibility index (Phi) is 6.11. The van der Waals surface area contributed by atoms with Crippen molar-refractivity contribution in [3.8, 4) is 12.1 Å². The van der Waals surface area contributed by atoms with E-state index in [-0.39, 0.29) is 11.2 Å². The Bertz CT molecular complexity index is 1350. The van der Waals surface area contributed by atoms with E-state index >= 15 is 0 Å². The highest BCUT2D eigenvalue weighted by Gasteiger charge is 2.42. The van der Waals surface area contributed by atoms with Gasteiger partial charge >= 0.3 is 0 Å². The maximum absolute atomic E-state index is 13.4. The van der Waals surface area contributed by atoms with E-state index in [2.05, 4.69) is 45.0 Å². The highest BCUT2D eigenvalue weighted by molar-refractivity contribution is 7.16. The monoisotopic (exact) mass is 502 g/mol. The number of Topliss-reactive ketones (excluding diaryl/α,β-unsaturated/α-hetero) is 1. The molecule has 0 fully saturated rings. The number of nitrogens with zero attached hydrogens (tertiary/aromatic N) is 3. The van der Waals surface area contributed by atoms with Gasteiger partial charge in [0.2, 0.25) is 0 Å². The number of hydrogen-bond donors (Lipinski definition) is 1. The zero-order valence-corrected chi connectivity index (χ0v) is 22.2. The van der Waals surface area contributed by atoms with Gasteiger partial charge in [-0.05, 0) is 61.6 Å². The van der Waals surface area contributed by atoms with Crippen LogP contribution in [-0.4, -0.2) is 5.78 Å². The van der Waals surface area contributed by atoms with Crippen LogP contribution in [0.5, 0.6) is 0 Å². The lowest BCUT2D eigenvalue weighted by molar-refractivity contribution is -0.116. The first-order valence-corrected chi connectivity index (χ1v) is 14.0. The van der Waals surface area contributed by atoms with Gasteiger partial charge in [0.05, 0.1) is 23.1 Å². The van der Waals surface area contributed by atoms with Crippen molar-refractivity contribution in [2.45, 2.75) is 83.5 Å². The highest BCUT2D eigenvalue weighted by Crippen LogP contribution is 2.51. The average Bonchev–Trinajstić information content (AvgIpc) is 3.37. The molecule has 0 bridgehead atoms. The lowest BCUT2D eigenvalue weighted by Crippen LogP contribution is -2.38. The maximum Gasteiger partial charge on any atom is 0.161 e. The second-order valence-electron chi connectivity index (χ2n) is 10.6. The second kappa shape index (κ2) is 8.97. The number of ketones is 1. The average molecular weight is 503 g/mol. The summed E-state index contributed by atoms with van der Waals surface area (Å²) in [6, 6.07) is 8.98. The first-order valence-electron chi connectivity index (χ1n) is 12.4. The molecule has 0 aromatic carbocycles. The summed E-state index contributed by atoms with van der Waals surface area (Å²) in [5.74, 6) is 0.0110. The molecule has 3 heterocycles. The van der Waals surface area contributed by atoms with E-state index < -0.39 is 5.92 Å². The minimum Gasteiger partial charge on any atom is -0.384 e. The molecule has 0 spiro atoms. The van der Waals surface area contributed by atoms with Crippen molar-refractivity contribution in [3.63, 3.8) is 0 Å². The van der Waals surface area contributed by atoms with Crippen molar-refractivity contribution in [3.05, 3.63) is 60.6 Å². The number of anilines is 1. The highest BCUT2D eigenvalue weighted by atomic mass is 32.1. The van der Waals surface area contributed by atoms with E-state index in [4.69, 9.17) is 5.73 Å². The van der Waals surface area contributed by atoms with Crippen molar-refractivity contribution in [2.24, 2.45) is 5.73 Å². The Hall–Kier alpha value is -2.87. The molecule has 1 aliphatic heterocycles. The van der Waals surface area contributed by atoms with Crippen LogP contribution in [0.2, 0.25) is 0 Å². The van der Waals surface area contributed by atoms with Crippen molar-refractivity contribution in [1.29, 1.82) is 10.5 Å². The van der Waals surface area contributed by atoms with E-state index in [1.807, 2.05) is 4.90 Å². The molecule has 2 aromatic rings. The Labute approximate surface area is 215 Å². The minimum absolute atomic E-state index is 0.0179. The maximum atomic E-state index is 13.4. The number of nitrogens with two attached hydrogens (primary N) is 1. The van der Waals surface area contributed by atoms with E-state index in [0.29, 0.717) is 35.4 Å². The molecule has 0 saturated carbocycles. The van der Waals surface area contributed by atoms with Gasteiger partial charge in [0.1, 0.15) is 16.9 Å². The Morgan fingerprint density at radius 1 is 1.00 bits per heavy atom.